The van der Waals surface area contributed by atoms with Crippen LogP contribution in [0.3, 0.4) is 0 Å². The topological polar surface area (TPSA) is 101 Å². The predicted octanol–water partition coefficient (Wildman–Crippen LogP) is 0.868. The maximum Gasteiger partial charge on any atom is 0.269 e. The van der Waals surface area contributed by atoms with Crippen molar-refractivity contribution in [2.24, 2.45) is 5.73 Å². The summed E-state index contributed by atoms with van der Waals surface area (Å²) in [5, 5.41) is 14.7. The van der Waals surface area contributed by atoms with E-state index in [-0.39, 0.29) is 18.0 Å². The van der Waals surface area contributed by atoms with Gasteiger partial charge < -0.3 is 15.7 Å². The SMILES string of the molecule is CCCc1cc(C(N)=O)nn1-c1cccc(C#C[C@]2(O)CCN(C)C2=O)c1. The number of primary amides is 1. The number of likely N-dealkylation sites (N-methyl/N-ethyl adjacent to an activating group) is 1. The van der Waals surface area contributed by atoms with Gasteiger partial charge in [0.1, 0.15) is 0 Å². The van der Waals surface area contributed by atoms with Gasteiger partial charge in [0.2, 0.25) is 5.60 Å². The van der Waals surface area contributed by atoms with Crippen LogP contribution in [0.2, 0.25) is 0 Å². The molecule has 2 heterocycles. The van der Waals surface area contributed by atoms with E-state index in [1.54, 1.807) is 29.9 Å². The highest BCUT2D eigenvalue weighted by Crippen LogP contribution is 2.21. The summed E-state index contributed by atoms with van der Waals surface area (Å²) in [7, 11) is 1.64. The van der Waals surface area contributed by atoms with Crippen LogP contribution in [0.4, 0.5) is 0 Å². The van der Waals surface area contributed by atoms with Crippen molar-refractivity contribution in [3.63, 3.8) is 0 Å². The van der Waals surface area contributed by atoms with Gasteiger partial charge in [-0.05, 0) is 30.7 Å². The van der Waals surface area contributed by atoms with E-state index in [1.165, 1.54) is 4.90 Å². The molecule has 1 atom stereocenters. The first-order valence-corrected chi connectivity index (χ1v) is 8.84. The summed E-state index contributed by atoms with van der Waals surface area (Å²) in [6.45, 7) is 2.52. The van der Waals surface area contributed by atoms with Crippen molar-refractivity contribution in [3.05, 3.63) is 47.3 Å². The second kappa shape index (κ2) is 7.25. The highest BCUT2D eigenvalue weighted by molar-refractivity contribution is 5.91. The minimum atomic E-state index is -1.64. The van der Waals surface area contributed by atoms with Crippen LogP contribution in [0.15, 0.2) is 30.3 Å². The Morgan fingerprint density at radius 1 is 1.41 bits per heavy atom. The molecule has 2 amide bonds. The first-order valence-electron chi connectivity index (χ1n) is 8.84. The zero-order chi connectivity index (χ0) is 19.6. The monoisotopic (exact) mass is 366 g/mol. The van der Waals surface area contributed by atoms with Crippen LogP contribution in [0.5, 0.6) is 0 Å². The van der Waals surface area contributed by atoms with Crippen LogP contribution in [0.1, 0.15) is 41.5 Å². The van der Waals surface area contributed by atoms with E-state index < -0.39 is 11.5 Å². The molecule has 0 spiro atoms. The molecule has 1 aliphatic heterocycles. The molecular weight excluding hydrogens is 344 g/mol. The molecule has 7 nitrogen and oxygen atoms in total. The van der Waals surface area contributed by atoms with Crippen molar-refractivity contribution < 1.29 is 14.7 Å². The molecule has 3 rings (SSSR count). The van der Waals surface area contributed by atoms with Gasteiger partial charge in [0.15, 0.2) is 5.69 Å². The van der Waals surface area contributed by atoms with Gasteiger partial charge in [-0.25, -0.2) is 4.68 Å². The zero-order valence-corrected chi connectivity index (χ0v) is 15.4. The van der Waals surface area contributed by atoms with Gasteiger partial charge in [-0.15, -0.1) is 0 Å². The van der Waals surface area contributed by atoms with Crippen LogP contribution < -0.4 is 5.73 Å². The number of likely N-dealkylation sites (tertiary alicyclic amines) is 1. The third-order valence-corrected chi connectivity index (χ3v) is 4.56. The summed E-state index contributed by atoms with van der Waals surface area (Å²) in [5.74, 6) is 4.64. The van der Waals surface area contributed by atoms with Gasteiger partial charge in [-0.2, -0.15) is 5.10 Å². The molecule has 3 N–H and O–H groups in total. The van der Waals surface area contributed by atoms with Crippen LogP contribution in [0.25, 0.3) is 5.69 Å². The van der Waals surface area contributed by atoms with E-state index in [0.717, 1.165) is 24.2 Å². The molecule has 27 heavy (non-hydrogen) atoms. The van der Waals surface area contributed by atoms with E-state index in [1.807, 2.05) is 19.1 Å². The second-order valence-electron chi connectivity index (χ2n) is 6.68. The molecule has 0 aliphatic carbocycles. The lowest BCUT2D eigenvalue weighted by atomic mass is 10.0. The standard InChI is InChI=1S/C20H22N4O3/c1-3-5-15-13-17(18(21)25)22-24(15)16-7-4-6-14(12-16)8-9-20(27)10-11-23(2)19(20)26/h4,6-7,12-13,27H,3,5,10-11H2,1-2H3,(H2,21,25)/t20-/m0/s1. The Bertz CT molecular complexity index is 954. The number of rotatable bonds is 4. The molecule has 140 valence electrons. The Balaban J connectivity index is 1.95. The Morgan fingerprint density at radius 2 is 2.19 bits per heavy atom. The average Bonchev–Trinajstić information content (AvgIpc) is 3.18. The van der Waals surface area contributed by atoms with Gasteiger partial charge in [0.05, 0.1) is 5.69 Å². The molecule has 2 aromatic rings. The van der Waals surface area contributed by atoms with E-state index in [0.29, 0.717) is 12.1 Å². The molecule has 1 saturated heterocycles. The van der Waals surface area contributed by atoms with Crippen LogP contribution in [-0.4, -0.2) is 50.8 Å². The van der Waals surface area contributed by atoms with Gasteiger partial charge in [0, 0.05) is 31.3 Å². The van der Waals surface area contributed by atoms with Crippen molar-refractivity contribution in [2.45, 2.75) is 31.8 Å². The Labute approximate surface area is 157 Å². The van der Waals surface area contributed by atoms with Gasteiger partial charge in [0.25, 0.3) is 11.8 Å². The Morgan fingerprint density at radius 3 is 2.81 bits per heavy atom. The first-order chi connectivity index (χ1) is 12.8. The molecule has 1 aliphatic rings. The largest absolute Gasteiger partial charge is 0.369 e. The average molecular weight is 366 g/mol. The van der Waals surface area contributed by atoms with Crippen molar-refractivity contribution in [1.29, 1.82) is 0 Å². The number of benzene rings is 1. The highest BCUT2D eigenvalue weighted by Gasteiger charge is 2.42. The number of aromatic nitrogens is 2. The van der Waals surface area contributed by atoms with E-state index >= 15 is 0 Å². The van der Waals surface area contributed by atoms with Gasteiger partial charge >= 0.3 is 0 Å². The highest BCUT2D eigenvalue weighted by atomic mass is 16.3. The molecule has 0 unspecified atom stereocenters. The first kappa shape index (κ1) is 18.7. The van der Waals surface area contributed by atoms with Gasteiger partial charge in [-0.3, -0.25) is 9.59 Å². The number of carbonyl (C=O) groups is 2. The number of carbonyl (C=O) groups excluding carboxylic acids is 2. The molecular formula is C20H22N4O3. The number of nitrogens with two attached hydrogens (primary N) is 1. The predicted molar refractivity (Wildman–Crippen MR) is 100 cm³/mol. The summed E-state index contributed by atoms with van der Waals surface area (Å²) in [5.41, 5.74) is 6.19. The minimum absolute atomic E-state index is 0.212. The molecule has 0 bridgehead atoms. The smallest absolute Gasteiger partial charge is 0.269 e. The lowest BCUT2D eigenvalue weighted by Gasteiger charge is -2.13. The third kappa shape index (κ3) is 3.71. The normalized spacial score (nSPS) is 19.1. The summed E-state index contributed by atoms with van der Waals surface area (Å²) in [6, 6.07) is 8.95. The summed E-state index contributed by atoms with van der Waals surface area (Å²) >= 11 is 0. The summed E-state index contributed by atoms with van der Waals surface area (Å²) < 4.78 is 1.68. The summed E-state index contributed by atoms with van der Waals surface area (Å²) in [4.78, 5) is 25.0. The van der Waals surface area contributed by atoms with Crippen molar-refractivity contribution >= 4 is 11.8 Å². The number of hydrogen-bond donors (Lipinski definition) is 2. The lowest BCUT2D eigenvalue weighted by Crippen LogP contribution is -2.37. The van der Waals surface area contributed by atoms with Crippen LogP contribution >= 0.6 is 0 Å². The van der Waals surface area contributed by atoms with Gasteiger partial charge in [-0.1, -0.05) is 31.3 Å². The van der Waals surface area contributed by atoms with Crippen molar-refractivity contribution in [1.82, 2.24) is 14.7 Å². The van der Waals surface area contributed by atoms with Crippen molar-refractivity contribution in [2.75, 3.05) is 13.6 Å². The fourth-order valence-corrected chi connectivity index (χ4v) is 3.06. The maximum absolute atomic E-state index is 12.0. The maximum atomic E-state index is 12.0. The lowest BCUT2D eigenvalue weighted by molar-refractivity contribution is -0.137. The summed E-state index contributed by atoms with van der Waals surface area (Å²) in [6.07, 6.45) is 1.93. The number of aliphatic hydroxyl groups is 1. The molecule has 0 saturated carbocycles. The number of hydrogen-bond acceptors (Lipinski definition) is 4. The second-order valence-corrected chi connectivity index (χ2v) is 6.68. The molecule has 1 fully saturated rings. The Hall–Kier alpha value is -3.11. The third-order valence-electron chi connectivity index (χ3n) is 4.56. The number of aryl methyl sites for hydroxylation is 1. The number of nitrogens with zero attached hydrogens (tertiary/aromatic N) is 3. The Kier molecular flexibility index (Phi) is 5.02. The molecule has 1 aromatic heterocycles. The fraction of sp³-hybridized carbons (Fsp3) is 0.350. The minimum Gasteiger partial charge on any atom is -0.369 e. The van der Waals surface area contributed by atoms with Crippen molar-refractivity contribution in [3.8, 4) is 17.5 Å². The van der Waals surface area contributed by atoms with Crippen LogP contribution in [-0.2, 0) is 11.2 Å². The van der Waals surface area contributed by atoms with E-state index in [9.17, 15) is 14.7 Å². The van der Waals surface area contributed by atoms with E-state index in [2.05, 4.69) is 16.9 Å². The fourth-order valence-electron chi connectivity index (χ4n) is 3.06. The molecule has 0 radical (unpaired) electrons. The van der Waals surface area contributed by atoms with Crippen LogP contribution in [0, 0.1) is 11.8 Å². The molecule has 1 aromatic carbocycles. The molecule has 7 heteroatoms. The number of amides is 2. The quantitative estimate of drug-likeness (QED) is 0.784. The van der Waals surface area contributed by atoms with E-state index in [4.69, 9.17) is 5.73 Å². The zero-order valence-electron chi connectivity index (χ0n) is 15.4.